The van der Waals surface area contributed by atoms with Gasteiger partial charge >= 0.3 is 0 Å². The number of rotatable bonds is 2. The normalized spacial score (nSPS) is 8.43. The Kier molecular flexibility index (Phi) is 3.90. The van der Waals surface area contributed by atoms with Gasteiger partial charge in [-0.15, -0.1) is 0 Å². The summed E-state index contributed by atoms with van der Waals surface area (Å²) in [5.74, 6) is 0. The van der Waals surface area contributed by atoms with Crippen molar-refractivity contribution in [1.29, 1.82) is 0 Å². The first-order valence-electron chi connectivity index (χ1n) is 2.11. The molecule has 2 heteroatoms. The van der Waals surface area contributed by atoms with E-state index in [9.17, 15) is 0 Å². The molecule has 0 aromatic rings. The Morgan fingerprint density at radius 3 is 2.43 bits per heavy atom. The van der Waals surface area contributed by atoms with Crippen LogP contribution >= 0.6 is 12.2 Å². The molecule has 0 fully saturated rings. The van der Waals surface area contributed by atoms with Crippen LogP contribution in [0.1, 0.15) is 0 Å². The second kappa shape index (κ2) is 4.00. The second-order valence-corrected chi connectivity index (χ2v) is 1.82. The van der Waals surface area contributed by atoms with Crippen LogP contribution in [0.4, 0.5) is 0 Å². The van der Waals surface area contributed by atoms with Crippen LogP contribution in [0.15, 0.2) is 6.08 Å². The molecule has 0 atom stereocenters. The molecule has 0 unspecified atom stereocenters. The molecule has 0 rings (SSSR count). The first-order chi connectivity index (χ1) is 3.27. The summed E-state index contributed by atoms with van der Waals surface area (Å²) in [4.78, 5) is 2.03. The molecule has 0 amide bonds. The third kappa shape index (κ3) is 5.83. The molecular formula is C5H9NS. The molecule has 0 aliphatic rings. The minimum atomic E-state index is 0.892. The van der Waals surface area contributed by atoms with E-state index in [0.29, 0.717) is 0 Å². The summed E-state index contributed by atoms with van der Waals surface area (Å²) >= 11 is 4.44. The predicted octanol–water partition coefficient (Wildman–Crippen LogP) is 0.703. The van der Waals surface area contributed by atoms with Crippen LogP contribution < -0.4 is 0 Å². The van der Waals surface area contributed by atoms with Gasteiger partial charge in [0.15, 0.2) is 0 Å². The zero-order chi connectivity index (χ0) is 5.70. The van der Waals surface area contributed by atoms with E-state index in [1.807, 2.05) is 25.1 Å². The molecule has 0 aliphatic heterocycles. The molecule has 0 saturated heterocycles. The van der Waals surface area contributed by atoms with Gasteiger partial charge in [-0.25, -0.2) is 0 Å². The van der Waals surface area contributed by atoms with Crippen LogP contribution in [0.5, 0.6) is 0 Å². The summed E-state index contributed by atoms with van der Waals surface area (Å²) in [6, 6.07) is 0. The van der Waals surface area contributed by atoms with Gasteiger partial charge in [-0.05, 0) is 37.4 Å². The molecule has 0 radical (unpaired) electrons. The fraction of sp³-hybridized carbons (Fsp3) is 0.600. The molecule has 0 heterocycles. The molecule has 0 aromatic carbocycles. The summed E-state index contributed by atoms with van der Waals surface area (Å²) in [6.07, 6.45) is 1.81. The summed E-state index contributed by atoms with van der Waals surface area (Å²) in [5.41, 5.74) is 0. The van der Waals surface area contributed by atoms with E-state index in [-0.39, 0.29) is 0 Å². The van der Waals surface area contributed by atoms with Crippen molar-refractivity contribution >= 4 is 17.2 Å². The lowest BCUT2D eigenvalue weighted by Gasteiger charge is -2.00. The number of thiocarbonyl (C=S) groups is 1. The zero-order valence-corrected chi connectivity index (χ0v) is 5.46. The predicted molar refractivity (Wildman–Crippen MR) is 35.7 cm³/mol. The van der Waals surface area contributed by atoms with Gasteiger partial charge in [-0.2, -0.15) is 0 Å². The maximum absolute atomic E-state index is 4.44. The highest BCUT2D eigenvalue weighted by molar-refractivity contribution is 7.78. The van der Waals surface area contributed by atoms with Gasteiger partial charge in [0.1, 0.15) is 0 Å². The summed E-state index contributed by atoms with van der Waals surface area (Å²) in [5, 5.41) is 2.52. The maximum atomic E-state index is 4.44. The SMILES string of the molecule is CN(C)CC=C=S. The van der Waals surface area contributed by atoms with Gasteiger partial charge in [0, 0.05) is 6.54 Å². The molecule has 0 N–H and O–H groups in total. The largest absolute Gasteiger partial charge is 0.305 e. The Bertz CT molecular complexity index is 82.1. The summed E-state index contributed by atoms with van der Waals surface area (Å²) in [6.45, 7) is 0.892. The van der Waals surface area contributed by atoms with Crippen LogP contribution in [0.25, 0.3) is 0 Å². The molecule has 7 heavy (non-hydrogen) atoms. The van der Waals surface area contributed by atoms with Crippen molar-refractivity contribution in [2.75, 3.05) is 20.6 Å². The minimum Gasteiger partial charge on any atom is -0.305 e. The maximum Gasteiger partial charge on any atom is 0.0240 e. The van der Waals surface area contributed by atoms with E-state index >= 15 is 0 Å². The Morgan fingerprint density at radius 2 is 2.29 bits per heavy atom. The number of likely N-dealkylation sites (N-methyl/N-ethyl adjacent to an activating group) is 1. The lowest BCUT2D eigenvalue weighted by Crippen LogP contribution is -2.10. The highest BCUT2D eigenvalue weighted by Crippen LogP contribution is 1.69. The van der Waals surface area contributed by atoms with Crippen molar-refractivity contribution in [2.24, 2.45) is 0 Å². The van der Waals surface area contributed by atoms with Gasteiger partial charge in [0.05, 0.1) is 0 Å². The average Bonchev–Trinajstić information content (AvgIpc) is 1.61. The van der Waals surface area contributed by atoms with E-state index in [1.54, 1.807) is 0 Å². The smallest absolute Gasteiger partial charge is 0.0240 e. The Labute approximate surface area is 49.6 Å². The van der Waals surface area contributed by atoms with Crippen molar-refractivity contribution in [1.82, 2.24) is 4.90 Å². The van der Waals surface area contributed by atoms with Gasteiger partial charge in [-0.3, -0.25) is 0 Å². The average molecular weight is 115 g/mol. The van der Waals surface area contributed by atoms with E-state index in [4.69, 9.17) is 0 Å². The van der Waals surface area contributed by atoms with Crippen molar-refractivity contribution in [3.63, 3.8) is 0 Å². The Morgan fingerprint density at radius 1 is 1.71 bits per heavy atom. The van der Waals surface area contributed by atoms with Gasteiger partial charge in [0.25, 0.3) is 0 Å². The molecular weight excluding hydrogens is 106 g/mol. The Balaban J connectivity index is 3.13. The molecule has 0 aromatic heterocycles. The lowest BCUT2D eigenvalue weighted by atomic mass is 10.6. The summed E-state index contributed by atoms with van der Waals surface area (Å²) < 4.78 is 0. The second-order valence-electron chi connectivity index (χ2n) is 1.58. The quantitative estimate of drug-likeness (QED) is 0.487. The topological polar surface area (TPSA) is 3.24 Å². The fourth-order valence-corrected chi connectivity index (χ4v) is 0.294. The zero-order valence-electron chi connectivity index (χ0n) is 4.64. The van der Waals surface area contributed by atoms with Crippen LogP contribution in [-0.4, -0.2) is 30.6 Å². The molecule has 0 spiro atoms. The third-order valence-corrected chi connectivity index (χ3v) is 0.706. The van der Waals surface area contributed by atoms with E-state index in [0.717, 1.165) is 6.54 Å². The first kappa shape index (κ1) is 6.83. The highest BCUT2D eigenvalue weighted by Gasteiger charge is 1.77. The van der Waals surface area contributed by atoms with Gasteiger partial charge in [-0.1, -0.05) is 0 Å². The van der Waals surface area contributed by atoms with E-state index < -0.39 is 0 Å². The number of hydrogen-bond acceptors (Lipinski definition) is 2. The Hall–Kier alpha value is -0.170. The molecule has 0 bridgehead atoms. The lowest BCUT2D eigenvalue weighted by molar-refractivity contribution is 0.458. The first-order valence-corrected chi connectivity index (χ1v) is 2.52. The molecule has 0 saturated carbocycles. The molecule has 1 nitrogen and oxygen atoms in total. The van der Waals surface area contributed by atoms with Gasteiger partial charge < -0.3 is 4.90 Å². The van der Waals surface area contributed by atoms with Crippen LogP contribution in [0.2, 0.25) is 0 Å². The van der Waals surface area contributed by atoms with Crippen molar-refractivity contribution in [3.05, 3.63) is 6.08 Å². The highest BCUT2D eigenvalue weighted by atomic mass is 32.1. The summed E-state index contributed by atoms with van der Waals surface area (Å²) in [7, 11) is 3.98. The van der Waals surface area contributed by atoms with Gasteiger partial charge in [0.2, 0.25) is 0 Å². The van der Waals surface area contributed by atoms with Crippen LogP contribution in [0.3, 0.4) is 0 Å². The number of nitrogens with zero attached hydrogens (tertiary/aromatic N) is 1. The monoisotopic (exact) mass is 115 g/mol. The number of hydrogen-bond donors (Lipinski definition) is 0. The third-order valence-electron chi connectivity index (χ3n) is 0.540. The minimum absolute atomic E-state index is 0.892. The molecule has 40 valence electrons. The molecule has 0 aliphatic carbocycles. The standard InChI is InChI=1S/C5H9NS/c1-6(2)4-3-5-7/h3H,4H2,1-2H3. The fourth-order valence-electron chi connectivity index (χ4n) is 0.220. The van der Waals surface area contributed by atoms with Crippen LogP contribution in [0, 0.1) is 0 Å². The van der Waals surface area contributed by atoms with Crippen LogP contribution in [-0.2, 0) is 0 Å². The van der Waals surface area contributed by atoms with E-state index in [1.165, 1.54) is 0 Å². The van der Waals surface area contributed by atoms with Crippen molar-refractivity contribution in [2.45, 2.75) is 0 Å². The van der Waals surface area contributed by atoms with Crippen molar-refractivity contribution < 1.29 is 0 Å². The van der Waals surface area contributed by atoms with E-state index in [2.05, 4.69) is 17.2 Å². The van der Waals surface area contributed by atoms with Crippen molar-refractivity contribution in [3.8, 4) is 0 Å².